The summed E-state index contributed by atoms with van der Waals surface area (Å²) in [6.45, 7) is 5.79. The van der Waals surface area contributed by atoms with Crippen LogP contribution >= 0.6 is 0 Å². The summed E-state index contributed by atoms with van der Waals surface area (Å²) in [7, 11) is 0. The van der Waals surface area contributed by atoms with Gasteiger partial charge in [-0.3, -0.25) is 4.90 Å². The van der Waals surface area contributed by atoms with Crippen molar-refractivity contribution >= 4 is 11.8 Å². The molecule has 1 aliphatic rings. The first kappa shape index (κ1) is 22.7. The molecule has 0 spiro atoms. The van der Waals surface area contributed by atoms with Crippen LogP contribution in [-0.4, -0.2) is 28.0 Å². The Morgan fingerprint density at radius 2 is 1.79 bits per heavy atom. The predicted octanol–water partition coefficient (Wildman–Crippen LogP) is 5.77. The number of aromatic nitrogens is 2. The molecule has 1 aromatic heterocycles. The lowest BCUT2D eigenvalue weighted by atomic mass is 10.1. The van der Waals surface area contributed by atoms with Gasteiger partial charge in [-0.2, -0.15) is 18.3 Å². The molecule has 0 atom stereocenters. The van der Waals surface area contributed by atoms with Gasteiger partial charge >= 0.3 is 12.3 Å². The highest BCUT2D eigenvalue weighted by Crippen LogP contribution is 2.34. The highest BCUT2D eigenvalue weighted by Gasteiger charge is 2.36. The number of carbonyl (C=O) groups excluding carboxylic acids is 1. The van der Waals surface area contributed by atoms with Crippen molar-refractivity contribution in [2.75, 3.05) is 11.4 Å². The van der Waals surface area contributed by atoms with E-state index in [1.54, 1.807) is 53.4 Å². The van der Waals surface area contributed by atoms with Crippen LogP contribution in [0.3, 0.4) is 0 Å². The molecule has 1 aliphatic heterocycles. The average molecular weight is 459 g/mol. The summed E-state index contributed by atoms with van der Waals surface area (Å²) in [5, 5.41) is 4.11. The summed E-state index contributed by atoms with van der Waals surface area (Å²) in [6.07, 6.45) is -4.34. The second kappa shape index (κ2) is 8.46. The average Bonchev–Trinajstić information content (AvgIpc) is 3.36. The van der Waals surface area contributed by atoms with Gasteiger partial charge in [0.15, 0.2) is 0 Å². The molecule has 4 rings (SSSR count). The molecular weight excluding hydrogens is 435 g/mol. The number of rotatable bonds is 4. The summed E-state index contributed by atoms with van der Waals surface area (Å²) >= 11 is 0. The molecule has 174 valence electrons. The molecule has 9 heteroatoms. The highest BCUT2D eigenvalue weighted by molar-refractivity contribution is 5.90. The van der Waals surface area contributed by atoms with Crippen molar-refractivity contribution in [1.82, 2.24) is 9.78 Å². The van der Waals surface area contributed by atoms with E-state index in [0.717, 1.165) is 22.0 Å². The molecule has 6 nitrogen and oxygen atoms in total. The third-order valence-corrected chi connectivity index (χ3v) is 5.00. The first-order valence-electron chi connectivity index (χ1n) is 10.5. The maximum Gasteiger partial charge on any atom is 0.433 e. The Balaban J connectivity index is 1.50. The summed E-state index contributed by atoms with van der Waals surface area (Å²) in [5.74, 6) is 0.489. The summed E-state index contributed by atoms with van der Waals surface area (Å²) in [4.78, 5) is 14.0. The lowest BCUT2D eigenvalue weighted by Gasteiger charge is -2.24. The largest absolute Gasteiger partial charge is 0.487 e. The Hall–Kier alpha value is -3.49. The standard InChI is InChI=1S/C24H24F3N3O3/c1-23(2,3)33-22(31)29-12-11-16-13-19(9-10-20(16)29)32-15-17-14-21(24(25,26)27)30(28-17)18-7-5-4-6-8-18/h4-10,13-14H,11-12,15H2,1-3H3. The van der Waals surface area contributed by atoms with Gasteiger partial charge in [-0.05, 0) is 69.2 Å². The molecule has 2 aromatic carbocycles. The predicted molar refractivity (Wildman–Crippen MR) is 117 cm³/mol. The first-order valence-corrected chi connectivity index (χ1v) is 10.5. The van der Waals surface area contributed by atoms with Crippen LogP contribution in [0.25, 0.3) is 5.69 Å². The number of fused-ring (bicyclic) bond motifs is 1. The Morgan fingerprint density at radius 1 is 1.06 bits per heavy atom. The number of hydrogen-bond donors (Lipinski definition) is 0. The zero-order chi connectivity index (χ0) is 23.8. The fourth-order valence-corrected chi connectivity index (χ4v) is 3.60. The molecule has 0 radical (unpaired) electrons. The number of benzene rings is 2. The Labute approximate surface area is 189 Å². The van der Waals surface area contributed by atoms with E-state index in [4.69, 9.17) is 9.47 Å². The van der Waals surface area contributed by atoms with Crippen LogP contribution in [0.1, 0.15) is 37.7 Å². The Morgan fingerprint density at radius 3 is 2.45 bits per heavy atom. The van der Waals surface area contributed by atoms with Crippen LogP contribution in [0, 0.1) is 0 Å². The van der Waals surface area contributed by atoms with Gasteiger partial charge in [-0.1, -0.05) is 18.2 Å². The second-order valence-electron chi connectivity index (χ2n) is 8.73. The molecule has 0 unspecified atom stereocenters. The molecule has 2 heterocycles. The lowest BCUT2D eigenvalue weighted by Crippen LogP contribution is -2.35. The number of alkyl halides is 3. The first-order chi connectivity index (χ1) is 15.5. The van der Waals surface area contributed by atoms with Crippen molar-refractivity contribution in [3.63, 3.8) is 0 Å². The van der Waals surface area contributed by atoms with Crippen LogP contribution in [-0.2, 0) is 23.9 Å². The van der Waals surface area contributed by atoms with Gasteiger partial charge in [0.05, 0.1) is 11.4 Å². The molecule has 0 N–H and O–H groups in total. The maximum atomic E-state index is 13.5. The van der Waals surface area contributed by atoms with Crippen molar-refractivity contribution in [1.29, 1.82) is 0 Å². The van der Waals surface area contributed by atoms with E-state index in [1.165, 1.54) is 0 Å². The topological polar surface area (TPSA) is 56.6 Å². The smallest absolute Gasteiger partial charge is 0.433 e. The fourth-order valence-electron chi connectivity index (χ4n) is 3.60. The zero-order valence-electron chi connectivity index (χ0n) is 18.5. The normalized spacial score (nSPS) is 13.7. The van der Waals surface area contributed by atoms with E-state index in [2.05, 4.69) is 5.10 Å². The van der Waals surface area contributed by atoms with E-state index in [0.29, 0.717) is 24.4 Å². The molecule has 0 aliphatic carbocycles. The molecule has 1 amide bonds. The van der Waals surface area contributed by atoms with Gasteiger partial charge in [-0.25, -0.2) is 9.48 Å². The Kier molecular flexibility index (Phi) is 5.82. The number of carbonyl (C=O) groups is 1. The number of ether oxygens (including phenoxy) is 2. The van der Waals surface area contributed by atoms with Gasteiger partial charge < -0.3 is 9.47 Å². The molecule has 0 fully saturated rings. The number of nitrogens with zero attached hydrogens (tertiary/aromatic N) is 3. The van der Waals surface area contributed by atoms with E-state index in [9.17, 15) is 18.0 Å². The van der Waals surface area contributed by atoms with Crippen molar-refractivity contribution in [3.05, 3.63) is 71.5 Å². The molecule has 33 heavy (non-hydrogen) atoms. The van der Waals surface area contributed by atoms with Gasteiger partial charge in [-0.15, -0.1) is 0 Å². The third kappa shape index (κ3) is 5.13. The second-order valence-corrected chi connectivity index (χ2v) is 8.73. The molecule has 3 aromatic rings. The fraction of sp³-hybridized carbons (Fsp3) is 0.333. The van der Waals surface area contributed by atoms with Gasteiger partial charge in [0.1, 0.15) is 29.3 Å². The Bertz CT molecular complexity index is 1150. The van der Waals surface area contributed by atoms with Crippen LogP contribution < -0.4 is 9.64 Å². The molecular formula is C24H24F3N3O3. The highest BCUT2D eigenvalue weighted by atomic mass is 19.4. The van der Waals surface area contributed by atoms with Crippen LogP contribution in [0.5, 0.6) is 5.75 Å². The summed E-state index contributed by atoms with van der Waals surface area (Å²) in [6, 6.07) is 14.4. The van der Waals surface area contributed by atoms with E-state index in [-0.39, 0.29) is 12.3 Å². The lowest BCUT2D eigenvalue weighted by molar-refractivity contribution is -0.142. The van der Waals surface area contributed by atoms with Crippen molar-refractivity contribution in [2.45, 2.75) is 45.6 Å². The number of halogens is 3. The van der Waals surface area contributed by atoms with Crippen LogP contribution in [0.4, 0.5) is 23.7 Å². The minimum Gasteiger partial charge on any atom is -0.487 e. The number of para-hydroxylation sites is 1. The minimum absolute atomic E-state index is 0.127. The number of amides is 1. The van der Waals surface area contributed by atoms with Crippen molar-refractivity contribution in [3.8, 4) is 11.4 Å². The maximum absolute atomic E-state index is 13.5. The summed E-state index contributed by atoms with van der Waals surface area (Å²) < 4.78 is 52.6. The van der Waals surface area contributed by atoms with E-state index in [1.807, 2.05) is 20.8 Å². The van der Waals surface area contributed by atoms with E-state index >= 15 is 0 Å². The minimum atomic E-state index is -4.56. The van der Waals surface area contributed by atoms with Gasteiger partial charge in [0.25, 0.3) is 0 Å². The zero-order valence-corrected chi connectivity index (χ0v) is 18.5. The van der Waals surface area contributed by atoms with Crippen molar-refractivity contribution < 1.29 is 27.4 Å². The molecule has 0 saturated carbocycles. The van der Waals surface area contributed by atoms with Crippen LogP contribution in [0.2, 0.25) is 0 Å². The van der Waals surface area contributed by atoms with Gasteiger partial charge in [0.2, 0.25) is 0 Å². The number of hydrogen-bond acceptors (Lipinski definition) is 4. The number of anilines is 1. The van der Waals surface area contributed by atoms with Gasteiger partial charge in [0, 0.05) is 6.54 Å². The quantitative estimate of drug-likeness (QED) is 0.497. The third-order valence-electron chi connectivity index (χ3n) is 5.00. The van der Waals surface area contributed by atoms with Crippen LogP contribution in [0.15, 0.2) is 54.6 Å². The molecule has 0 saturated heterocycles. The van der Waals surface area contributed by atoms with Crippen molar-refractivity contribution in [2.24, 2.45) is 0 Å². The SMILES string of the molecule is CC(C)(C)OC(=O)N1CCc2cc(OCc3cc(C(F)(F)F)n(-c4ccccc4)n3)ccc21. The monoisotopic (exact) mass is 459 g/mol. The molecule has 0 bridgehead atoms. The van der Waals surface area contributed by atoms with E-state index < -0.39 is 23.6 Å². The summed E-state index contributed by atoms with van der Waals surface area (Å²) in [5.41, 5.74) is 0.655.